The maximum atomic E-state index is 11.2. The van der Waals surface area contributed by atoms with E-state index in [2.05, 4.69) is 6.07 Å². The number of fused-ring (bicyclic) bond motifs is 1. The molecule has 1 aromatic carbocycles. The van der Waals surface area contributed by atoms with Gasteiger partial charge in [-0.3, -0.25) is 9.69 Å². The minimum Gasteiger partial charge on any atom is -0.288 e. The molecule has 0 spiro atoms. The highest BCUT2D eigenvalue weighted by atomic mass is 16.2. The predicted molar refractivity (Wildman–Crippen MR) is 52.4 cm³/mol. The highest BCUT2D eigenvalue weighted by Gasteiger charge is 2.14. The van der Waals surface area contributed by atoms with Crippen LogP contribution in [-0.2, 0) is 11.2 Å². The fourth-order valence-corrected chi connectivity index (χ4v) is 1.56. The van der Waals surface area contributed by atoms with Crippen LogP contribution in [0.4, 0.5) is 5.69 Å². The third kappa shape index (κ3) is 1.35. The summed E-state index contributed by atoms with van der Waals surface area (Å²) in [7, 11) is 0. The molecule has 2 heteroatoms. The normalized spacial score (nSPS) is 14.1. The highest BCUT2D eigenvalue weighted by Crippen LogP contribution is 2.25. The third-order valence-electron chi connectivity index (χ3n) is 2.18. The van der Waals surface area contributed by atoms with E-state index in [1.165, 1.54) is 5.56 Å². The molecule has 13 heavy (non-hydrogen) atoms. The quantitative estimate of drug-likeness (QED) is 0.588. The lowest BCUT2D eigenvalue weighted by Gasteiger charge is -2.22. The Labute approximate surface area is 77.5 Å². The van der Waals surface area contributed by atoms with E-state index in [4.69, 9.17) is 0 Å². The summed E-state index contributed by atoms with van der Waals surface area (Å²) in [6, 6.07) is 7.97. The summed E-state index contributed by atoms with van der Waals surface area (Å²) < 4.78 is 0. The molecule has 0 radical (unpaired) electrons. The summed E-state index contributed by atoms with van der Waals surface area (Å²) in [5.41, 5.74) is 2.22. The summed E-state index contributed by atoms with van der Waals surface area (Å²) >= 11 is 0. The molecule has 2 rings (SSSR count). The van der Waals surface area contributed by atoms with Crippen LogP contribution in [0.5, 0.6) is 0 Å². The molecular formula is C11H11NO. The average Bonchev–Trinajstić information content (AvgIpc) is 2.17. The maximum absolute atomic E-state index is 11.2. The fraction of sp³-hybridized carbons (Fsp3) is 0.182. The van der Waals surface area contributed by atoms with Crippen molar-refractivity contribution in [3.63, 3.8) is 0 Å². The minimum absolute atomic E-state index is 0.0587. The molecule has 0 bridgehead atoms. The second kappa shape index (κ2) is 3.05. The van der Waals surface area contributed by atoms with Gasteiger partial charge in [0.15, 0.2) is 0 Å². The van der Waals surface area contributed by atoms with Crippen LogP contribution >= 0.6 is 0 Å². The van der Waals surface area contributed by atoms with Crippen LogP contribution in [0.3, 0.4) is 0 Å². The summed E-state index contributed by atoms with van der Waals surface area (Å²) in [6.45, 7) is 1.58. The van der Waals surface area contributed by atoms with Crippen molar-refractivity contribution < 1.29 is 4.79 Å². The van der Waals surface area contributed by atoms with E-state index in [9.17, 15) is 4.79 Å². The molecule has 0 aromatic heterocycles. The number of hydrogen-bond donors (Lipinski definition) is 0. The molecule has 0 aliphatic carbocycles. The molecular weight excluding hydrogens is 162 g/mol. The number of allylic oxidation sites excluding steroid dienone is 1. The zero-order valence-corrected chi connectivity index (χ0v) is 7.53. The Kier molecular flexibility index (Phi) is 1.89. The average molecular weight is 173 g/mol. The number of amides is 1. The Morgan fingerprint density at radius 2 is 2.15 bits per heavy atom. The van der Waals surface area contributed by atoms with E-state index in [1.807, 2.05) is 30.5 Å². The Balaban J connectivity index is 2.48. The molecule has 1 amide bonds. The molecule has 0 N–H and O–H groups in total. The molecule has 2 nitrogen and oxygen atoms in total. The van der Waals surface area contributed by atoms with Crippen LogP contribution in [0.1, 0.15) is 12.5 Å². The summed E-state index contributed by atoms with van der Waals surface area (Å²) in [4.78, 5) is 12.9. The second-order valence-electron chi connectivity index (χ2n) is 3.11. The molecule has 0 saturated carbocycles. The van der Waals surface area contributed by atoms with Gasteiger partial charge in [-0.05, 0) is 18.1 Å². The first kappa shape index (κ1) is 8.05. The fourth-order valence-electron chi connectivity index (χ4n) is 1.56. The van der Waals surface area contributed by atoms with E-state index in [0.29, 0.717) is 0 Å². The molecule has 1 aliphatic rings. The first-order valence-electron chi connectivity index (χ1n) is 4.33. The van der Waals surface area contributed by atoms with Gasteiger partial charge in [0.2, 0.25) is 5.91 Å². The van der Waals surface area contributed by atoms with Crippen LogP contribution in [0.2, 0.25) is 0 Å². The SMILES string of the molecule is CC(=O)N1C=CCc2ccccc21. The zero-order chi connectivity index (χ0) is 9.26. The molecule has 0 unspecified atom stereocenters. The summed E-state index contributed by atoms with van der Waals surface area (Å²) in [5.74, 6) is 0.0587. The van der Waals surface area contributed by atoms with Gasteiger partial charge in [-0.2, -0.15) is 0 Å². The van der Waals surface area contributed by atoms with Crippen molar-refractivity contribution in [1.82, 2.24) is 0 Å². The van der Waals surface area contributed by atoms with Crippen LogP contribution in [0.25, 0.3) is 0 Å². The van der Waals surface area contributed by atoms with Gasteiger partial charge in [0.05, 0.1) is 5.69 Å². The molecule has 1 aliphatic heterocycles. The first-order valence-corrected chi connectivity index (χ1v) is 4.33. The van der Waals surface area contributed by atoms with Gasteiger partial charge in [0.25, 0.3) is 0 Å². The van der Waals surface area contributed by atoms with Crippen LogP contribution in [-0.4, -0.2) is 5.91 Å². The Hall–Kier alpha value is -1.57. The van der Waals surface area contributed by atoms with E-state index in [-0.39, 0.29) is 5.91 Å². The summed E-state index contributed by atoms with van der Waals surface area (Å²) in [5, 5.41) is 0. The Morgan fingerprint density at radius 1 is 1.38 bits per heavy atom. The topological polar surface area (TPSA) is 20.3 Å². The van der Waals surface area contributed by atoms with Crippen molar-refractivity contribution in [2.45, 2.75) is 13.3 Å². The summed E-state index contributed by atoms with van der Waals surface area (Å²) in [6.07, 6.45) is 4.76. The predicted octanol–water partition coefficient (Wildman–Crippen LogP) is 2.11. The lowest BCUT2D eigenvalue weighted by atomic mass is 10.1. The number of rotatable bonds is 0. The van der Waals surface area contributed by atoms with Gasteiger partial charge in [0.1, 0.15) is 0 Å². The van der Waals surface area contributed by atoms with Gasteiger partial charge < -0.3 is 0 Å². The van der Waals surface area contributed by atoms with Crippen molar-refractivity contribution >= 4 is 11.6 Å². The van der Waals surface area contributed by atoms with E-state index < -0.39 is 0 Å². The molecule has 0 fully saturated rings. The molecule has 66 valence electrons. The number of carbonyl (C=O) groups is 1. The van der Waals surface area contributed by atoms with Crippen LogP contribution in [0, 0.1) is 0 Å². The van der Waals surface area contributed by atoms with Crippen LogP contribution in [0.15, 0.2) is 36.5 Å². The lowest BCUT2D eigenvalue weighted by molar-refractivity contribution is -0.116. The largest absolute Gasteiger partial charge is 0.288 e. The monoisotopic (exact) mass is 173 g/mol. The van der Waals surface area contributed by atoms with E-state index in [1.54, 1.807) is 11.8 Å². The van der Waals surface area contributed by atoms with Crippen molar-refractivity contribution in [1.29, 1.82) is 0 Å². The first-order chi connectivity index (χ1) is 6.29. The number of hydrogen-bond acceptors (Lipinski definition) is 1. The molecule has 0 atom stereocenters. The van der Waals surface area contributed by atoms with E-state index in [0.717, 1.165) is 12.1 Å². The molecule has 1 aromatic rings. The standard InChI is InChI=1S/C11H11NO/c1-9(13)12-8-4-6-10-5-2-3-7-11(10)12/h2-5,7-8H,6H2,1H3. The van der Waals surface area contributed by atoms with Gasteiger partial charge in [0, 0.05) is 13.1 Å². The van der Waals surface area contributed by atoms with Gasteiger partial charge in [-0.15, -0.1) is 0 Å². The van der Waals surface area contributed by atoms with Crippen molar-refractivity contribution in [2.24, 2.45) is 0 Å². The lowest BCUT2D eigenvalue weighted by Crippen LogP contribution is -2.24. The van der Waals surface area contributed by atoms with E-state index >= 15 is 0 Å². The Bertz CT molecular complexity index is 368. The molecule has 1 heterocycles. The van der Waals surface area contributed by atoms with Crippen molar-refractivity contribution in [3.05, 3.63) is 42.1 Å². The van der Waals surface area contributed by atoms with Gasteiger partial charge in [-0.1, -0.05) is 24.3 Å². The zero-order valence-electron chi connectivity index (χ0n) is 7.53. The third-order valence-corrected chi connectivity index (χ3v) is 2.18. The van der Waals surface area contributed by atoms with Crippen LogP contribution < -0.4 is 4.90 Å². The number of carbonyl (C=O) groups excluding carboxylic acids is 1. The molecule has 0 saturated heterocycles. The smallest absolute Gasteiger partial charge is 0.227 e. The Morgan fingerprint density at radius 3 is 2.92 bits per heavy atom. The number of para-hydroxylation sites is 1. The number of anilines is 1. The number of benzene rings is 1. The van der Waals surface area contributed by atoms with Gasteiger partial charge in [-0.25, -0.2) is 0 Å². The second-order valence-corrected chi connectivity index (χ2v) is 3.11. The highest BCUT2D eigenvalue weighted by molar-refractivity contribution is 5.94. The van der Waals surface area contributed by atoms with Crippen molar-refractivity contribution in [2.75, 3.05) is 4.90 Å². The van der Waals surface area contributed by atoms with Gasteiger partial charge >= 0.3 is 0 Å². The maximum Gasteiger partial charge on any atom is 0.227 e. The minimum atomic E-state index is 0.0587. The van der Waals surface area contributed by atoms with Crippen molar-refractivity contribution in [3.8, 4) is 0 Å². The number of nitrogens with zero attached hydrogens (tertiary/aromatic N) is 1.